The second-order valence-electron chi connectivity index (χ2n) is 5.74. The Morgan fingerprint density at radius 1 is 1.33 bits per heavy atom. The Labute approximate surface area is 139 Å². The maximum absolute atomic E-state index is 9.09. The van der Waals surface area contributed by atoms with Crippen molar-refractivity contribution in [2.75, 3.05) is 11.9 Å². The summed E-state index contributed by atoms with van der Waals surface area (Å²) in [6, 6.07) is 11.7. The number of hydrogen-bond donors (Lipinski definition) is 1. The van der Waals surface area contributed by atoms with Crippen LogP contribution in [0.3, 0.4) is 0 Å². The molecular weight excluding hydrogens is 299 g/mol. The van der Waals surface area contributed by atoms with E-state index in [0.717, 1.165) is 33.3 Å². The summed E-state index contributed by atoms with van der Waals surface area (Å²) >= 11 is 0. The summed E-state index contributed by atoms with van der Waals surface area (Å²) in [5.74, 6) is 0.609. The number of hydrogen-bond acceptors (Lipinski definition) is 4. The highest BCUT2D eigenvalue weighted by atomic mass is 15.1. The van der Waals surface area contributed by atoms with Crippen molar-refractivity contribution in [2.24, 2.45) is 7.05 Å². The van der Waals surface area contributed by atoms with Crippen molar-refractivity contribution in [3.63, 3.8) is 0 Å². The monoisotopic (exact) mass is 312 g/mol. The van der Waals surface area contributed by atoms with Crippen molar-refractivity contribution in [3.05, 3.63) is 42.2 Å². The van der Waals surface area contributed by atoms with E-state index in [2.05, 4.69) is 21.0 Å². The van der Waals surface area contributed by atoms with Crippen LogP contribution in [0.4, 0.5) is 5.82 Å². The van der Waals surface area contributed by atoms with Crippen LogP contribution >= 0.6 is 0 Å². The van der Waals surface area contributed by atoms with E-state index >= 15 is 0 Å². The fraction of sp³-hybridized carbons (Fsp3) is 0.118. The molecule has 0 aliphatic heterocycles. The molecule has 0 spiro atoms. The molecular formula is C17H13BN6. The van der Waals surface area contributed by atoms with Crippen LogP contribution in [0.25, 0.3) is 33.3 Å². The SMILES string of the molecule is [B]N(C)c1nc2[nH]c(-c3cccc(C#N)c3)cc2c2c1ncn2C. The van der Waals surface area contributed by atoms with Gasteiger partial charge in [-0.05, 0) is 30.8 Å². The lowest BCUT2D eigenvalue weighted by atomic mass is 10.1. The van der Waals surface area contributed by atoms with Crippen LogP contribution in [0.1, 0.15) is 5.56 Å². The van der Waals surface area contributed by atoms with Gasteiger partial charge in [-0.2, -0.15) is 5.26 Å². The van der Waals surface area contributed by atoms with E-state index in [1.54, 1.807) is 19.4 Å². The number of H-pyrrole nitrogens is 1. The Balaban J connectivity index is 2.03. The Morgan fingerprint density at radius 2 is 2.17 bits per heavy atom. The van der Waals surface area contributed by atoms with Gasteiger partial charge in [-0.15, -0.1) is 0 Å². The maximum atomic E-state index is 9.09. The molecule has 6 nitrogen and oxygen atoms in total. The molecule has 0 fully saturated rings. The summed E-state index contributed by atoms with van der Waals surface area (Å²) in [5.41, 5.74) is 4.90. The van der Waals surface area contributed by atoms with E-state index in [1.807, 2.05) is 35.9 Å². The molecule has 24 heavy (non-hydrogen) atoms. The number of aromatic nitrogens is 4. The van der Waals surface area contributed by atoms with Gasteiger partial charge in [-0.1, -0.05) is 12.1 Å². The average Bonchev–Trinajstić information content (AvgIpc) is 3.17. The minimum absolute atomic E-state index is 0.609. The van der Waals surface area contributed by atoms with Gasteiger partial charge in [0, 0.05) is 18.1 Å². The summed E-state index contributed by atoms with van der Waals surface area (Å²) in [7, 11) is 9.59. The summed E-state index contributed by atoms with van der Waals surface area (Å²) in [6.45, 7) is 0. The minimum atomic E-state index is 0.609. The number of benzene rings is 1. The first-order valence-corrected chi connectivity index (χ1v) is 7.41. The van der Waals surface area contributed by atoms with E-state index in [4.69, 9.17) is 13.2 Å². The highest BCUT2D eigenvalue weighted by Gasteiger charge is 2.16. The van der Waals surface area contributed by atoms with Gasteiger partial charge in [0.25, 0.3) is 0 Å². The van der Waals surface area contributed by atoms with Crippen LogP contribution in [0, 0.1) is 11.3 Å². The van der Waals surface area contributed by atoms with Crippen LogP contribution in [-0.2, 0) is 7.05 Å². The van der Waals surface area contributed by atoms with Crippen LogP contribution < -0.4 is 4.81 Å². The molecule has 0 aliphatic rings. The van der Waals surface area contributed by atoms with E-state index in [9.17, 15) is 0 Å². The number of nitrogens with zero attached hydrogens (tertiary/aromatic N) is 5. The molecule has 0 atom stereocenters. The zero-order valence-corrected chi connectivity index (χ0v) is 13.3. The summed E-state index contributed by atoms with van der Waals surface area (Å²) < 4.78 is 1.95. The van der Waals surface area contributed by atoms with Gasteiger partial charge in [0.1, 0.15) is 17.0 Å². The van der Waals surface area contributed by atoms with E-state index in [1.165, 1.54) is 4.81 Å². The molecule has 3 heterocycles. The molecule has 3 aromatic heterocycles. The number of anilines is 1. The number of aryl methyl sites for hydroxylation is 1. The molecule has 114 valence electrons. The first kappa shape index (κ1) is 14.3. The van der Waals surface area contributed by atoms with Crippen molar-refractivity contribution in [2.45, 2.75) is 0 Å². The second kappa shape index (κ2) is 5.13. The second-order valence-corrected chi connectivity index (χ2v) is 5.74. The van der Waals surface area contributed by atoms with Crippen LogP contribution in [0.15, 0.2) is 36.7 Å². The Kier molecular flexibility index (Phi) is 3.07. The van der Waals surface area contributed by atoms with Crippen molar-refractivity contribution in [1.82, 2.24) is 19.5 Å². The number of aromatic amines is 1. The number of fused-ring (bicyclic) bond motifs is 3. The third-order valence-corrected chi connectivity index (χ3v) is 4.06. The molecule has 4 aromatic rings. The number of rotatable bonds is 2. The largest absolute Gasteiger partial charge is 0.411 e. The predicted molar refractivity (Wildman–Crippen MR) is 94.7 cm³/mol. The highest BCUT2D eigenvalue weighted by Crippen LogP contribution is 2.32. The van der Waals surface area contributed by atoms with E-state index in [-0.39, 0.29) is 0 Å². The molecule has 0 amide bonds. The van der Waals surface area contributed by atoms with E-state index in [0.29, 0.717) is 11.4 Å². The van der Waals surface area contributed by atoms with Gasteiger partial charge in [-0.25, -0.2) is 9.97 Å². The zero-order chi connectivity index (χ0) is 16.8. The van der Waals surface area contributed by atoms with Gasteiger partial charge < -0.3 is 14.4 Å². The van der Waals surface area contributed by atoms with Crippen LogP contribution in [0.5, 0.6) is 0 Å². The topological polar surface area (TPSA) is 73.5 Å². The standard InChI is InChI=1S/C17H13BN6/c1-23-9-20-14-15(23)12-7-13(11-5-3-4-10(6-11)8-19)21-16(12)22-17(14)24(2)18/h3-7,9H,1-2H3,(H,21,22). The molecule has 0 saturated carbocycles. The number of nitriles is 1. The predicted octanol–water partition coefficient (Wildman–Crippen LogP) is 2.51. The fourth-order valence-corrected chi connectivity index (χ4v) is 2.94. The molecule has 0 saturated heterocycles. The lowest BCUT2D eigenvalue weighted by Crippen LogP contribution is -2.13. The van der Waals surface area contributed by atoms with Crippen LogP contribution in [-0.4, -0.2) is 34.5 Å². The Hall–Kier alpha value is -3.27. The van der Waals surface area contributed by atoms with Gasteiger partial charge in [0.05, 0.1) is 23.5 Å². The summed E-state index contributed by atoms with van der Waals surface area (Å²) in [4.78, 5) is 13.8. The van der Waals surface area contributed by atoms with E-state index < -0.39 is 0 Å². The normalized spacial score (nSPS) is 11.0. The third-order valence-electron chi connectivity index (χ3n) is 4.06. The molecule has 1 aromatic carbocycles. The first-order chi connectivity index (χ1) is 11.6. The molecule has 0 aliphatic carbocycles. The smallest absolute Gasteiger partial charge is 0.228 e. The van der Waals surface area contributed by atoms with Gasteiger partial charge >= 0.3 is 0 Å². The van der Waals surface area contributed by atoms with Crippen molar-refractivity contribution in [3.8, 4) is 17.3 Å². The fourth-order valence-electron chi connectivity index (χ4n) is 2.94. The highest BCUT2D eigenvalue weighted by molar-refractivity contribution is 6.20. The third kappa shape index (κ3) is 2.04. The summed E-state index contributed by atoms with van der Waals surface area (Å²) in [5, 5.41) is 10.1. The first-order valence-electron chi connectivity index (χ1n) is 7.41. The van der Waals surface area contributed by atoms with Crippen LogP contribution in [0.2, 0.25) is 0 Å². The molecule has 1 N–H and O–H groups in total. The average molecular weight is 312 g/mol. The van der Waals surface area contributed by atoms with Gasteiger partial charge in [-0.3, -0.25) is 0 Å². The molecule has 7 heteroatoms. The lowest BCUT2D eigenvalue weighted by Gasteiger charge is -2.12. The lowest BCUT2D eigenvalue weighted by molar-refractivity contribution is 0.951. The zero-order valence-electron chi connectivity index (χ0n) is 13.3. The Morgan fingerprint density at radius 3 is 2.92 bits per heavy atom. The number of imidazole rings is 1. The van der Waals surface area contributed by atoms with Crippen molar-refractivity contribution < 1.29 is 0 Å². The molecule has 2 radical (unpaired) electrons. The van der Waals surface area contributed by atoms with Crippen molar-refractivity contribution >= 4 is 35.9 Å². The molecule has 4 rings (SSSR count). The molecule has 0 unspecified atom stereocenters. The Bertz CT molecular complexity index is 1120. The van der Waals surface area contributed by atoms with Gasteiger partial charge in [0.15, 0.2) is 0 Å². The number of nitrogens with one attached hydrogen (secondary N) is 1. The molecule has 0 bridgehead atoms. The minimum Gasteiger partial charge on any atom is -0.411 e. The number of pyridine rings is 1. The maximum Gasteiger partial charge on any atom is 0.228 e. The van der Waals surface area contributed by atoms with Crippen molar-refractivity contribution in [1.29, 1.82) is 5.26 Å². The van der Waals surface area contributed by atoms with Gasteiger partial charge in [0.2, 0.25) is 7.98 Å². The quantitative estimate of drug-likeness (QED) is 0.577. The summed E-state index contributed by atoms with van der Waals surface area (Å²) in [6.07, 6.45) is 1.75.